The Morgan fingerprint density at radius 1 is 1.44 bits per heavy atom. The molecule has 1 aliphatic rings. The van der Waals surface area contributed by atoms with E-state index in [2.05, 4.69) is 5.32 Å². The minimum atomic E-state index is -0.473. The highest BCUT2D eigenvalue weighted by Gasteiger charge is 2.18. The number of nitrogens with two attached hydrogens (primary N) is 1. The van der Waals surface area contributed by atoms with Crippen molar-refractivity contribution >= 4 is 24.0 Å². The van der Waals surface area contributed by atoms with Crippen molar-refractivity contribution < 1.29 is 9.53 Å². The SMILES string of the molecule is CC(C)[C@@H](N)C(=O)Nc1ccc2c(c1)CCO2.Cl. The van der Waals surface area contributed by atoms with Crippen molar-refractivity contribution in [3.05, 3.63) is 23.8 Å². The smallest absolute Gasteiger partial charge is 0.241 e. The van der Waals surface area contributed by atoms with Crippen molar-refractivity contribution in [1.29, 1.82) is 0 Å². The summed E-state index contributed by atoms with van der Waals surface area (Å²) >= 11 is 0. The van der Waals surface area contributed by atoms with Gasteiger partial charge in [-0.05, 0) is 29.7 Å². The molecule has 0 aliphatic carbocycles. The highest BCUT2D eigenvalue weighted by molar-refractivity contribution is 5.95. The van der Waals surface area contributed by atoms with Gasteiger partial charge in [-0.3, -0.25) is 4.79 Å². The summed E-state index contributed by atoms with van der Waals surface area (Å²) in [5.41, 5.74) is 7.71. The number of anilines is 1. The fourth-order valence-electron chi connectivity index (χ4n) is 1.79. The normalized spacial score (nSPS) is 14.4. The van der Waals surface area contributed by atoms with Crippen molar-refractivity contribution in [1.82, 2.24) is 0 Å². The summed E-state index contributed by atoms with van der Waals surface area (Å²) in [6, 6.07) is 5.21. The van der Waals surface area contributed by atoms with E-state index in [0.29, 0.717) is 0 Å². The monoisotopic (exact) mass is 270 g/mol. The summed E-state index contributed by atoms with van der Waals surface area (Å²) in [5, 5.41) is 2.83. The molecule has 18 heavy (non-hydrogen) atoms. The second-order valence-corrected chi connectivity index (χ2v) is 4.68. The van der Waals surface area contributed by atoms with Crippen LogP contribution < -0.4 is 15.8 Å². The van der Waals surface area contributed by atoms with Crippen molar-refractivity contribution in [2.24, 2.45) is 11.7 Å². The van der Waals surface area contributed by atoms with Gasteiger partial charge in [0, 0.05) is 12.1 Å². The molecule has 0 unspecified atom stereocenters. The molecule has 2 rings (SSSR count). The zero-order valence-corrected chi connectivity index (χ0v) is 11.4. The lowest BCUT2D eigenvalue weighted by atomic mass is 10.0. The van der Waals surface area contributed by atoms with Crippen LogP contribution in [0.4, 0.5) is 5.69 Å². The topological polar surface area (TPSA) is 64.4 Å². The number of nitrogens with one attached hydrogen (secondary N) is 1. The van der Waals surface area contributed by atoms with Gasteiger partial charge >= 0.3 is 0 Å². The van der Waals surface area contributed by atoms with Crippen molar-refractivity contribution in [3.63, 3.8) is 0 Å². The molecule has 0 bridgehead atoms. The van der Waals surface area contributed by atoms with Crippen LogP contribution in [0.15, 0.2) is 18.2 Å². The van der Waals surface area contributed by atoms with E-state index in [1.807, 2.05) is 32.0 Å². The zero-order chi connectivity index (χ0) is 12.4. The molecule has 0 saturated carbocycles. The Morgan fingerprint density at radius 3 is 2.83 bits per heavy atom. The molecule has 5 heteroatoms. The predicted octanol–water partition coefficient (Wildman–Crippen LogP) is 1.97. The van der Waals surface area contributed by atoms with E-state index < -0.39 is 6.04 Å². The van der Waals surface area contributed by atoms with Gasteiger partial charge in [-0.25, -0.2) is 0 Å². The number of amides is 1. The van der Waals surface area contributed by atoms with E-state index in [9.17, 15) is 4.79 Å². The van der Waals surface area contributed by atoms with E-state index in [4.69, 9.17) is 10.5 Å². The van der Waals surface area contributed by atoms with E-state index in [-0.39, 0.29) is 24.2 Å². The molecular weight excluding hydrogens is 252 g/mol. The van der Waals surface area contributed by atoms with E-state index >= 15 is 0 Å². The molecule has 4 nitrogen and oxygen atoms in total. The van der Waals surface area contributed by atoms with Crippen molar-refractivity contribution in [3.8, 4) is 5.75 Å². The lowest BCUT2D eigenvalue weighted by Crippen LogP contribution is -2.39. The molecule has 100 valence electrons. The lowest BCUT2D eigenvalue weighted by Gasteiger charge is -2.15. The zero-order valence-electron chi connectivity index (χ0n) is 10.6. The standard InChI is InChI=1S/C13H18N2O2.ClH/c1-8(2)12(14)13(16)15-10-3-4-11-9(7-10)5-6-17-11;/h3-4,7-8,12H,5-6,14H2,1-2H3,(H,15,16);1H/t12-;/m1./s1. The molecule has 1 aliphatic heterocycles. The van der Waals surface area contributed by atoms with Crippen LogP contribution in [0.3, 0.4) is 0 Å². The molecule has 1 aromatic rings. The highest BCUT2D eigenvalue weighted by atomic mass is 35.5. The maximum atomic E-state index is 11.8. The first-order valence-corrected chi connectivity index (χ1v) is 5.90. The van der Waals surface area contributed by atoms with E-state index in [1.165, 1.54) is 0 Å². The van der Waals surface area contributed by atoms with Crippen LogP contribution in [-0.4, -0.2) is 18.6 Å². The number of ether oxygens (including phenoxy) is 1. The number of rotatable bonds is 3. The Labute approximate surface area is 113 Å². The van der Waals surface area contributed by atoms with Gasteiger partial charge in [-0.15, -0.1) is 12.4 Å². The summed E-state index contributed by atoms with van der Waals surface area (Å²) in [7, 11) is 0. The quantitative estimate of drug-likeness (QED) is 0.883. The molecule has 0 aromatic heterocycles. The largest absolute Gasteiger partial charge is 0.493 e. The molecule has 0 spiro atoms. The van der Waals surface area contributed by atoms with Gasteiger partial charge in [0.1, 0.15) is 5.75 Å². The fraction of sp³-hybridized carbons (Fsp3) is 0.462. The number of carbonyl (C=O) groups is 1. The summed E-state index contributed by atoms with van der Waals surface area (Å²) in [6.45, 7) is 4.58. The first-order valence-electron chi connectivity index (χ1n) is 5.90. The molecular formula is C13H19ClN2O2. The Morgan fingerprint density at radius 2 is 2.17 bits per heavy atom. The van der Waals surface area contributed by atoms with E-state index in [1.54, 1.807) is 0 Å². The average molecular weight is 271 g/mol. The Bertz CT molecular complexity index is 435. The second-order valence-electron chi connectivity index (χ2n) is 4.68. The van der Waals surface area contributed by atoms with Crippen LogP contribution in [0.25, 0.3) is 0 Å². The Kier molecular flexibility index (Phi) is 4.99. The van der Waals surface area contributed by atoms with Crippen molar-refractivity contribution in [2.75, 3.05) is 11.9 Å². The maximum absolute atomic E-state index is 11.8. The second kappa shape index (κ2) is 6.07. The van der Waals surface area contributed by atoms with Crippen LogP contribution in [0.2, 0.25) is 0 Å². The number of hydrogen-bond acceptors (Lipinski definition) is 3. The molecule has 0 saturated heterocycles. The Hall–Kier alpha value is -1.26. The van der Waals surface area contributed by atoms with Crippen LogP contribution in [0.1, 0.15) is 19.4 Å². The van der Waals surface area contributed by atoms with Crippen LogP contribution >= 0.6 is 12.4 Å². The van der Waals surface area contributed by atoms with E-state index in [0.717, 1.165) is 30.0 Å². The fourth-order valence-corrected chi connectivity index (χ4v) is 1.79. The number of hydrogen-bond donors (Lipinski definition) is 2. The molecule has 3 N–H and O–H groups in total. The van der Waals surface area contributed by atoms with Gasteiger partial charge in [-0.2, -0.15) is 0 Å². The summed E-state index contributed by atoms with van der Waals surface area (Å²) < 4.78 is 5.41. The first kappa shape index (κ1) is 14.8. The summed E-state index contributed by atoms with van der Waals surface area (Å²) in [6.07, 6.45) is 0.898. The predicted molar refractivity (Wildman–Crippen MR) is 74.3 cm³/mol. The number of fused-ring (bicyclic) bond motifs is 1. The van der Waals surface area contributed by atoms with Crippen molar-refractivity contribution in [2.45, 2.75) is 26.3 Å². The molecule has 0 fully saturated rings. The average Bonchev–Trinajstić information content (AvgIpc) is 2.74. The number of benzene rings is 1. The first-order chi connectivity index (χ1) is 8.08. The van der Waals surface area contributed by atoms with Gasteiger partial charge in [0.25, 0.3) is 0 Å². The summed E-state index contributed by atoms with van der Waals surface area (Å²) in [4.78, 5) is 11.8. The number of carbonyl (C=O) groups excluding carboxylic acids is 1. The Balaban J connectivity index is 0.00000162. The van der Waals surface area contributed by atoms with Gasteiger partial charge in [0.05, 0.1) is 12.6 Å². The van der Waals surface area contributed by atoms with Crippen LogP contribution in [0, 0.1) is 5.92 Å². The minimum Gasteiger partial charge on any atom is -0.493 e. The van der Waals surface area contributed by atoms with Gasteiger partial charge in [0.2, 0.25) is 5.91 Å². The third kappa shape index (κ3) is 3.15. The molecule has 0 radical (unpaired) electrons. The van der Waals surface area contributed by atoms with Crippen LogP contribution in [0.5, 0.6) is 5.75 Å². The molecule has 1 aromatic carbocycles. The minimum absolute atomic E-state index is 0. The maximum Gasteiger partial charge on any atom is 0.241 e. The molecule has 1 atom stereocenters. The van der Waals surface area contributed by atoms with Crippen LogP contribution in [-0.2, 0) is 11.2 Å². The molecule has 1 amide bonds. The third-order valence-corrected chi connectivity index (χ3v) is 2.98. The number of halogens is 1. The molecule has 1 heterocycles. The third-order valence-electron chi connectivity index (χ3n) is 2.98. The highest BCUT2D eigenvalue weighted by Crippen LogP contribution is 2.27. The lowest BCUT2D eigenvalue weighted by molar-refractivity contribution is -0.118. The van der Waals surface area contributed by atoms with Gasteiger partial charge in [-0.1, -0.05) is 13.8 Å². The van der Waals surface area contributed by atoms with Gasteiger partial charge in [0.15, 0.2) is 0 Å². The summed E-state index contributed by atoms with van der Waals surface area (Å²) in [5.74, 6) is 0.905. The van der Waals surface area contributed by atoms with Gasteiger partial charge < -0.3 is 15.8 Å².